The number of alkyl halides is 5. The van der Waals surface area contributed by atoms with Gasteiger partial charge in [0.2, 0.25) is 0 Å². The molecule has 3 aromatic rings. The van der Waals surface area contributed by atoms with Gasteiger partial charge in [-0.1, -0.05) is 36.4 Å². The van der Waals surface area contributed by atoms with E-state index in [-0.39, 0.29) is 0 Å². The molecule has 0 saturated carbocycles. The molecule has 1 unspecified atom stereocenters. The fourth-order valence-corrected chi connectivity index (χ4v) is 1.24. The number of hydrogen-bond acceptors (Lipinski definition) is 1. The number of hydrogen-bond donors (Lipinski definition) is 1. The molecule has 0 aliphatic rings. The van der Waals surface area contributed by atoms with E-state index < -0.39 is 19.9 Å². The summed E-state index contributed by atoms with van der Waals surface area (Å²) >= 11 is 0. The van der Waals surface area contributed by atoms with Crippen molar-refractivity contribution in [1.29, 1.82) is 0 Å². The Morgan fingerprint density at radius 3 is 1.17 bits per heavy atom. The molecule has 0 radical (unpaired) electrons. The predicted molar refractivity (Wildman–Crippen MR) is 56.0 cm³/mol. The van der Waals surface area contributed by atoms with E-state index in [4.69, 9.17) is 4.89 Å². The lowest BCUT2D eigenvalue weighted by Crippen LogP contribution is -2.32. The zero-order chi connectivity index (χ0) is 14.0. The van der Waals surface area contributed by atoms with Gasteiger partial charge in [-0.2, -0.15) is 18.1 Å². The van der Waals surface area contributed by atoms with Gasteiger partial charge in [-0.05, 0) is 15.3 Å². The molecule has 2 bridgehead atoms. The van der Waals surface area contributed by atoms with Crippen molar-refractivity contribution in [1.82, 2.24) is 0 Å². The van der Waals surface area contributed by atoms with Crippen molar-refractivity contribution in [2.24, 2.45) is 0 Å². The van der Waals surface area contributed by atoms with Crippen molar-refractivity contribution in [2.45, 2.75) is 11.8 Å². The van der Waals surface area contributed by atoms with Crippen LogP contribution in [0.4, 0.5) is 22.0 Å². The van der Waals surface area contributed by atoms with E-state index in [1.54, 1.807) is 0 Å². The van der Waals surface area contributed by atoms with Crippen LogP contribution in [-0.4, -0.2) is 16.7 Å². The third-order valence-electron chi connectivity index (χ3n) is 1.99. The highest BCUT2D eigenvalue weighted by Gasteiger charge is 2.74. The minimum atomic E-state index is -5.95. The molecule has 0 spiro atoms. The smallest absolute Gasteiger partial charge is 0.161 e. The zero-order valence-corrected chi connectivity index (χ0v) is 9.55. The fraction of sp³-hybridized carbons (Fsp3) is 0.200. The minimum Gasteiger partial charge on any atom is -0.161 e. The molecule has 2 nitrogen and oxygen atoms in total. The summed E-state index contributed by atoms with van der Waals surface area (Å²) in [5.74, 6) is 0. The monoisotopic (exact) mass is 285 g/mol. The van der Waals surface area contributed by atoms with Crippen LogP contribution in [0.3, 0.4) is 0 Å². The van der Waals surface area contributed by atoms with E-state index in [1.165, 1.54) is 10.8 Å². The molecule has 1 atom stereocenters. The van der Waals surface area contributed by atoms with Gasteiger partial charge in [-0.15, -0.1) is 8.78 Å². The third kappa shape index (κ3) is 3.34. The first-order valence-corrected chi connectivity index (χ1v) is 5.75. The van der Waals surface area contributed by atoms with Crippen molar-refractivity contribution >= 4 is 18.8 Å². The summed E-state index contributed by atoms with van der Waals surface area (Å²) in [5.41, 5.74) is -5.50. The third-order valence-corrected chi connectivity index (χ3v) is 2.72. The normalized spacial score (nSPS) is 13.1. The number of halogens is 5. The van der Waals surface area contributed by atoms with Gasteiger partial charge in [0.05, 0.1) is 0 Å². The molecular formula is C10H7F5O2P+. The Labute approximate surface area is 99.2 Å². The van der Waals surface area contributed by atoms with Crippen molar-refractivity contribution in [3.05, 3.63) is 36.4 Å². The van der Waals surface area contributed by atoms with Crippen LogP contribution < -0.4 is 0 Å². The molecule has 0 heterocycles. The Morgan fingerprint density at radius 2 is 1.11 bits per heavy atom. The van der Waals surface area contributed by atoms with Crippen molar-refractivity contribution in [2.75, 3.05) is 0 Å². The largest absolute Gasteiger partial charge is 0.594 e. The van der Waals surface area contributed by atoms with Crippen LogP contribution in [0.15, 0.2) is 36.4 Å². The van der Waals surface area contributed by atoms with Gasteiger partial charge in [-0.3, -0.25) is 0 Å². The quantitative estimate of drug-likeness (QED) is 0.631. The maximum Gasteiger partial charge on any atom is 0.594 e. The Hall–Kier alpha value is -1.33. The Morgan fingerprint density at radius 1 is 0.833 bits per heavy atom. The van der Waals surface area contributed by atoms with Crippen LogP contribution in [0.25, 0.3) is 10.8 Å². The lowest BCUT2D eigenvalue weighted by Gasteiger charge is -2.05. The molecule has 98 valence electrons. The Bertz CT molecular complexity index is 448. The first-order valence-electron chi connectivity index (χ1n) is 4.53. The lowest BCUT2D eigenvalue weighted by molar-refractivity contribution is -0.243. The average Bonchev–Trinajstić information content (AvgIpc) is 2.30. The maximum atomic E-state index is 11.4. The SMILES string of the molecule is O=[P+](O)C(F)(F)C(F)(F)F.c1cc2ccc1cc2. The molecule has 0 amide bonds. The molecule has 1 N–H and O–H groups in total. The van der Waals surface area contributed by atoms with E-state index >= 15 is 0 Å². The van der Waals surface area contributed by atoms with Gasteiger partial charge in [0.25, 0.3) is 0 Å². The first kappa shape index (κ1) is 14.7. The summed E-state index contributed by atoms with van der Waals surface area (Å²) in [6.07, 6.45) is -5.95. The summed E-state index contributed by atoms with van der Waals surface area (Å²) < 4.78 is 65.1. The first-order chi connectivity index (χ1) is 8.14. The van der Waals surface area contributed by atoms with Gasteiger partial charge in [0, 0.05) is 0 Å². The van der Waals surface area contributed by atoms with Crippen LogP contribution in [-0.2, 0) is 4.57 Å². The molecular weight excluding hydrogens is 278 g/mol. The molecule has 18 heavy (non-hydrogen) atoms. The molecule has 0 saturated heterocycles. The van der Waals surface area contributed by atoms with Crippen LogP contribution in [0.2, 0.25) is 0 Å². The lowest BCUT2D eigenvalue weighted by atomic mass is 10.1. The van der Waals surface area contributed by atoms with E-state index in [2.05, 4.69) is 36.4 Å². The summed E-state index contributed by atoms with van der Waals surface area (Å²) in [6.45, 7) is 0. The highest BCUT2D eigenvalue weighted by molar-refractivity contribution is 7.39. The van der Waals surface area contributed by atoms with Crippen molar-refractivity contribution < 1.29 is 31.4 Å². The van der Waals surface area contributed by atoms with Crippen molar-refractivity contribution in [3.8, 4) is 0 Å². The Kier molecular flexibility index (Phi) is 4.19. The summed E-state index contributed by atoms with van der Waals surface area (Å²) in [6, 6.07) is 12.7. The van der Waals surface area contributed by atoms with E-state index in [9.17, 15) is 26.5 Å². The van der Waals surface area contributed by atoms with Crippen LogP contribution in [0.5, 0.6) is 0 Å². The molecule has 0 aliphatic heterocycles. The average molecular weight is 285 g/mol. The van der Waals surface area contributed by atoms with Gasteiger partial charge in [0.15, 0.2) is 0 Å². The number of rotatable bonds is 1. The minimum absolute atomic E-state index is 1.31. The van der Waals surface area contributed by atoms with Gasteiger partial charge in [0.1, 0.15) is 0 Å². The second-order valence-corrected chi connectivity index (χ2v) is 4.42. The molecule has 0 fully saturated rings. The van der Waals surface area contributed by atoms with Crippen LogP contribution >= 0.6 is 8.03 Å². The van der Waals surface area contributed by atoms with Gasteiger partial charge < -0.3 is 0 Å². The van der Waals surface area contributed by atoms with E-state index in [1.807, 2.05) is 0 Å². The van der Waals surface area contributed by atoms with E-state index in [0.717, 1.165) is 0 Å². The molecule has 8 heteroatoms. The van der Waals surface area contributed by atoms with Crippen molar-refractivity contribution in [3.63, 3.8) is 0 Å². The topological polar surface area (TPSA) is 37.3 Å². The summed E-state index contributed by atoms with van der Waals surface area (Å²) in [7, 11) is -4.54. The molecule has 0 aliphatic carbocycles. The number of fused-ring (bicyclic) bond motifs is 3. The summed E-state index contributed by atoms with van der Waals surface area (Å²) in [5, 5.41) is 2.61. The van der Waals surface area contributed by atoms with Gasteiger partial charge >= 0.3 is 19.9 Å². The Balaban J connectivity index is 0.000000182. The van der Waals surface area contributed by atoms with Gasteiger partial charge in [-0.25, -0.2) is 0 Å². The van der Waals surface area contributed by atoms with Crippen LogP contribution in [0.1, 0.15) is 0 Å². The summed E-state index contributed by atoms with van der Waals surface area (Å²) in [4.78, 5) is 7.46. The predicted octanol–water partition coefficient (Wildman–Crippen LogP) is 4.15. The number of benzene rings is 3. The molecule has 0 aromatic heterocycles. The van der Waals surface area contributed by atoms with Crippen LogP contribution in [0, 0.1) is 0 Å². The second-order valence-electron chi connectivity index (χ2n) is 3.31. The standard InChI is InChI=1S/C8H6.C2F5O2P/c1-2-8-5-3-7(1)4-6-8;3-1(4,5)2(6,7)10(8)9/h1-6H;/p+1. The maximum absolute atomic E-state index is 11.4. The highest BCUT2D eigenvalue weighted by atomic mass is 31.1. The molecule has 3 rings (SSSR count). The fourth-order valence-electron chi connectivity index (χ4n) is 1.02. The zero-order valence-electron chi connectivity index (χ0n) is 8.66. The van der Waals surface area contributed by atoms with E-state index in [0.29, 0.717) is 0 Å². The molecule has 3 aromatic carbocycles. The highest BCUT2D eigenvalue weighted by Crippen LogP contribution is 2.50. The second kappa shape index (κ2) is 5.12.